The van der Waals surface area contributed by atoms with Crippen molar-refractivity contribution in [1.82, 2.24) is 0 Å². The predicted octanol–water partition coefficient (Wildman–Crippen LogP) is 2.41. The van der Waals surface area contributed by atoms with Crippen molar-refractivity contribution in [2.24, 2.45) is 0 Å². The van der Waals surface area contributed by atoms with E-state index in [4.69, 9.17) is 19.4 Å². The first-order valence-corrected chi connectivity index (χ1v) is 5.20. The molecule has 0 atom stereocenters. The Kier molecular flexibility index (Phi) is 1.45. The van der Waals surface area contributed by atoms with Crippen LogP contribution in [0.15, 0.2) is 48.5 Å². The summed E-state index contributed by atoms with van der Waals surface area (Å²) in [5, 5.41) is -0.779. The molecule has 0 saturated heterocycles. The molecule has 5 heteroatoms. The van der Waals surface area contributed by atoms with Gasteiger partial charge in [0.1, 0.15) is 0 Å². The van der Waals surface area contributed by atoms with Crippen molar-refractivity contribution in [2.75, 3.05) is 0 Å². The maximum absolute atomic E-state index is 5.51. The molecule has 0 unspecified atom stereocenters. The van der Waals surface area contributed by atoms with Gasteiger partial charge < -0.3 is 0 Å². The van der Waals surface area contributed by atoms with Gasteiger partial charge in [0.05, 0.1) is 0 Å². The average Bonchev–Trinajstić information content (AvgIpc) is 2.87. The zero-order chi connectivity index (χ0) is 11.3. The Bertz CT molecular complexity index is 492. The highest BCUT2D eigenvalue weighted by molar-refractivity contribution is 5.41. The number of hydrogen-bond acceptors (Lipinski definition) is 4. The van der Waals surface area contributed by atoms with Crippen molar-refractivity contribution in [3.63, 3.8) is 0 Å². The minimum atomic E-state index is -0.779. The van der Waals surface area contributed by atoms with E-state index in [1.165, 1.54) is 0 Å². The molecule has 2 aromatic carbocycles. The molecule has 4 rings (SSSR count). The molecule has 0 saturated carbocycles. The molecule has 0 N–H and O–H groups in total. The lowest BCUT2D eigenvalue weighted by atomic mass is 10.3. The topological polar surface area (TPSA) is 36.9 Å². The first-order chi connectivity index (χ1) is 8.35. The van der Waals surface area contributed by atoms with Gasteiger partial charge in [0, 0.05) is 0 Å². The first-order valence-electron chi connectivity index (χ1n) is 5.20. The molecule has 0 radical (unpaired) electrons. The number of benzene rings is 2. The highest BCUT2D eigenvalue weighted by Gasteiger charge is 2.56. The molecule has 84 valence electrons. The van der Waals surface area contributed by atoms with Gasteiger partial charge in [0.25, 0.3) is 23.0 Å². The molecular formula is C12H8NO4+. The number of quaternary nitrogens is 1. The quantitative estimate of drug-likeness (QED) is 0.651. The van der Waals surface area contributed by atoms with Gasteiger partial charge in [-0.1, -0.05) is 24.3 Å². The summed E-state index contributed by atoms with van der Waals surface area (Å²) in [6.07, 6.45) is 0. The van der Waals surface area contributed by atoms with Crippen LogP contribution in [0.4, 0.5) is 0 Å². The Hall–Kier alpha value is -2.40. The third-order valence-corrected chi connectivity index (χ3v) is 2.54. The van der Waals surface area contributed by atoms with Crippen molar-refractivity contribution < 1.29 is 24.5 Å². The lowest BCUT2D eigenvalue weighted by Crippen LogP contribution is -2.52. The van der Waals surface area contributed by atoms with E-state index in [9.17, 15) is 0 Å². The second-order valence-electron chi connectivity index (χ2n) is 3.71. The second kappa shape index (κ2) is 2.83. The van der Waals surface area contributed by atoms with Gasteiger partial charge in [0.15, 0.2) is 0 Å². The summed E-state index contributed by atoms with van der Waals surface area (Å²) in [5.74, 6) is 2.33. The normalized spacial score (nSPS) is 17.4. The molecule has 0 amide bonds. The molecule has 2 aliphatic heterocycles. The summed E-state index contributed by atoms with van der Waals surface area (Å²) in [6.45, 7) is 0. The molecule has 5 nitrogen and oxygen atoms in total. The summed E-state index contributed by atoms with van der Waals surface area (Å²) >= 11 is 0. The van der Waals surface area contributed by atoms with Crippen molar-refractivity contribution in [2.45, 2.75) is 0 Å². The summed E-state index contributed by atoms with van der Waals surface area (Å²) in [4.78, 5) is 22.0. The minimum absolute atomic E-state index is 0.584. The third-order valence-electron chi connectivity index (χ3n) is 2.54. The number of nitrogens with zero attached hydrogens (tertiary/aromatic N) is 1. The van der Waals surface area contributed by atoms with E-state index in [1.54, 1.807) is 24.3 Å². The number of fused-ring (bicyclic) bond motifs is 2. The summed E-state index contributed by atoms with van der Waals surface area (Å²) in [7, 11) is 0. The van der Waals surface area contributed by atoms with Gasteiger partial charge in [-0.25, -0.2) is 0 Å². The molecule has 0 aromatic heterocycles. The molecule has 1 spiro atoms. The van der Waals surface area contributed by atoms with E-state index in [0.29, 0.717) is 23.0 Å². The zero-order valence-corrected chi connectivity index (χ0v) is 8.70. The van der Waals surface area contributed by atoms with Crippen molar-refractivity contribution in [3.05, 3.63) is 48.5 Å². The Morgan fingerprint density at radius 2 is 0.824 bits per heavy atom. The maximum Gasteiger partial charge on any atom is 0.429 e. The highest BCUT2D eigenvalue weighted by Crippen LogP contribution is 2.45. The van der Waals surface area contributed by atoms with Crippen LogP contribution in [0, 0.1) is 0 Å². The number of para-hydroxylation sites is 4. The van der Waals surface area contributed by atoms with Crippen LogP contribution in [0.25, 0.3) is 0 Å². The van der Waals surface area contributed by atoms with Crippen LogP contribution in [0.3, 0.4) is 0 Å². The minimum Gasteiger partial charge on any atom is -0.177 e. The highest BCUT2D eigenvalue weighted by atomic mass is 17.4. The summed E-state index contributed by atoms with van der Waals surface area (Å²) in [6, 6.07) is 14.6. The van der Waals surface area contributed by atoms with Crippen molar-refractivity contribution in [1.29, 1.82) is 0 Å². The predicted molar refractivity (Wildman–Crippen MR) is 55.7 cm³/mol. The maximum atomic E-state index is 5.51. The Balaban J connectivity index is 1.72. The number of rotatable bonds is 0. The smallest absolute Gasteiger partial charge is 0.177 e. The standard InChI is InChI=1S/C12H8NO4/c1-2-6-10-9(5-1)14-13(15-10)16-11-7-3-4-8-12(11)17-13/h1-8H/q+1. The van der Waals surface area contributed by atoms with Crippen LogP contribution in [0.2, 0.25) is 0 Å². The Morgan fingerprint density at radius 3 is 1.12 bits per heavy atom. The SMILES string of the molecule is c1ccc2c(c1)O[N+]1(O2)Oc2ccccc2O1. The van der Waals surface area contributed by atoms with E-state index in [0.717, 1.165) is 0 Å². The van der Waals surface area contributed by atoms with Crippen LogP contribution in [0.1, 0.15) is 0 Å². The second-order valence-corrected chi connectivity index (χ2v) is 3.71. The van der Waals surface area contributed by atoms with Gasteiger partial charge in [-0.05, 0) is 24.3 Å². The molecule has 2 aliphatic rings. The zero-order valence-electron chi connectivity index (χ0n) is 8.70. The van der Waals surface area contributed by atoms with E-state index in [2.05, 4.69) is 0 Å². The third kappa shape index (κ3) is 1.17. The van der Waals surface area contributed by atoms with Crippen LogP contribution in [0.5, 0.6) is 23.0 Å². The number of hydrogen-bond donors (Lipinski definition) is 0. The van der Waals surface area contributed by atoms with Gasteiger partial charge in [-0.15, -0.1) is 0 Å². The van der Waals surface area contributed by atoms with Gasteiger partial charge in [-0.2, -0.15) is 19.4 Å². The summed E-state index contributed by atoms with van der Waals surface area (Å²) in [5.41, 5.74) is 0. The molecule has 2 heterocycles. The van der Waals surface area contributed by atoms with E-state index in [-0.39, 0.29) is 0 Å². The van der Waals surface area contributed by atoms with Crippen LogP contribution >= 0.6 is 0 Å². The van der Waals surface area contributed by atoms with Crippen LogP contribution in [-0.2, 0) is 0 Å². The lowest BCUT2D eigenvalue weighted by Gasteiger charge is -2.11. The molecule has 0 aliphatic carbocycles. The molecule has 17 heavy (non-hydrogen) atoms. The van der Waals surface area contributed by atoms with E-state index >= 15 is 0 Å². The molecule has 0 fully saturated rings. The molecule has 2 aromatic rings. The van der Waals surface area contributed by atoms with Gasteiger partial charge in [0.2, 0.25) is 0 Å². The summed E-state index contributed by atoms with van der Waals surface area (Å²) < 4.78 is 0. The first kappa shape index (κ1) is 8.72. The largest absolute Gasteiger partial charge is 0.429 e. The van der Waals surface area contributed by atoms with Crippen molar-refractivity contribution in [3.8, 4) is 23.0 Å². The Morgan fingerprint density at radius 1 is 0.529 bits per heavy atom. The fraction of sp³-hybridized carbons (Fsp3) is 0. The van der Waals surface area contributed by atoms with E-state index in [1.807, 2.05) is 24.3 Å². The Labute approximate surface area is 96.7 Å². The van der Waals surface area contributed by atoms with Crippen LogP contribution < -0.4 is 19.4 Å². The average molecular weight is 230 g/mol. The van der Waals surface area contributed by atoms with Gasteiger partial charge in [-0.3, -0.25) is 0 Å². The fourth-order valence-corrected chi connectivity index (χ4v) is 1.80. The monoisotopic (exact) mass is 230 g/mol. The molecule has 0 bridgehead atoms. The fourth-order valence-electron chi connectivity index (χ4n) is 1.80. The molecular weight excluding hydrogens is 222 g/mol. The van der Waals surface area contributed by atoms with Crippen LogP contribution in [-0.4, -0.2) is 5.14 Å². The van der Waals surface area contributed by atoms with Crippen molar-refractivity contribution >= 4 is 0 Å². The lowest BCUT2D eigenvalue weighted by molar-refractivity contribution is -1.40. The van der Waals surface area contributed by atoms with Gasteiger partial charge >= 0.3 is 5.14 Å². The van der Waals surface area contributed by atoms with E-state index < -0.39 is 5.14 Å².